The van der Waals surface area contributed by atoms with Gasteiger partial charge >= 0.3 is 11.9 Å². The number of benzene rings is 2. The largest absolute Gasteiger partial charge is 0.480 e. The molecule has 2 aromatic carbocycles. The summed E-state index contributed by atoms with van der Waals surface area (Å²) in [6.07, 6.45) is 3.65. The average molecular weight is 365 g/mol. The van der Waals surface area contributed by atoms with Gasteiger partial charge in [0.05, 0.1) is 0 Å². The van der Waals surface area contributed by atoms with Crippen LogP contribution in [0.4, 0.5) is 0 Å². The monoisotopic (exact) mass is 365 g/mol. The molecular formula is C21H19NO5. The summed E-state index contributed by atoms with van der Waals surface area (Å²) in [7, 11) is 0. The molecule has 0 saturated carbocycles. The van der Waals surface area contributed by atoms with Crippen LogP contribution in [0.15, 0.2) is 48.5 Å². The van der Waals surface area contributed by atoms with E-state index >= 15 is 0 Å². The van der Waals surface area contributed by atoms with Gasteiger partial charge in [0, 0.05) is 5.92 Å². The fraction of sp³-hybridized carbons (Fsp3) is 0.238. The van der Waals surface area contributed by atoms with Gasteiger partial charge in [-0.2, -0.15) is 0 Å². The number of esters is 1. The van der Waals surface area contributed by atoms with Crippen LogP contribution in [0.2, 0.25) is 0 Å². The van der Waals surface area contributed by atoms with E-state index in [1.807, 2.05) is 48.5 Å². The Hall–Kier alpha value is -3.14. The van der Waals surface area contributed by atoms with Gasteiger partial charge in [0.2, 0.25) is 0 Å². The Morgan fingerprint density at radius 1 is 1.11 bits per heavy atom. The fourth-order valence-electron chi connectivity index (χ4n) is 3.27. The second kappa shape index (κ2) is 8.04. The van der Waals surface area contributed by atoms with E-state index in [0.29, 0.717) is 0 Å². The molecule has 0 saturated heterocycles. The van der Waals surface area contributed by atoms with Gasteiger partial charge in [-0.05, 0) is 22.3 Å². The minimum Gasteiger partial charge on any atom is -0.480 e. The van der Waals surface area contributed by atoms with Crippen LogP contribution < -0.4 is 5.73 Å². The van der Waals surface area contributed by atoms with E-state index in [-0.39, 0.29) is 19.1 Å². The van der Waals surface area contributed by atoms with Crippen molar-refractivity contribution in [2.45, 2.75) is 18.1 Å². The molecule has 0 spiro atoms. The predicted octanol–water partition coefficient (Wildman–Crippen LogP) is 1.77. The van der Waals surface area contributed by atoms with Gasteiger partial charge in [0.1, 0.15) is 19.3 Å². The third kappa shape index (κ3) is 3.70. The van der Waals surface area contributed by atoms with Crippen molar-refractivity contribution in [1.29, 1.82) is 0 Å². The molecule has 3 N–H and O–H groups in total. The molecule has 3 rings (SSSR count). The lowest BCUT2D eigenvalue weighted by Gasteiger charge is -2.21. The first kappa shape index (κ1) is 18.6. The zero-order valence-electron chi connectivity index (χ0n) is 14.5. The molecule has 0 aliphatic heterocycles. The van der Waals surface area contributed by atoms with Gasteiger partial charge in [0.25, 0.3) is 0 Å². The topological polar surface area (TPSA) is 98.9 Å². The van der Waals surface area contributed by atoms with Crippen molar-refractivity contribution in [3.8, 4) is 23.5 Å². The van der Waals surface area contributed by atoms with Crippen molar-refractivity contribution in [3.05, 3.63) is 59.7 Å². The van der Waals surface area contributed by atoms with Crippen LogP contribution in [0, 0.1) is 12.3 Å². The quantitative estimate of drug-likeness (QED) is 0.573. The van der Waals surface area contributed by atoms with E-state index < -0.39 is 24.1 Å². The smallest absolute Gasteiger partial charge is 0.337 e. The maximum atomic E-state index is 12.4. The van der Waals surface area contributed by atoms with E-state index in [0.717, 1.165) is 22.3 Å². The molecule has 1 unspecified atom stereocenters. The Labute approximate surface area is 156 Å². The zero-order chi connectivity index (χ0) is 19.4. The van der Waals surface area contributed by atoms with Crippen LogP contribution >= 0.6 is 0 Å². The number of fused-ring (bicyclic) bond motifs is 3. The molecule has 0 bridgehead atoms. The van der Waals surface area contributed by atoms with E-state index in [1.54, 1.807) is 0 Å². The standard InChI is InChI=1S/C21H19NO5/c1-2-11-26-19(18(22)20(23)24)21(25)27-12-17-15-9-5-3-7-13(15)14-8-4-6-10-16(14)17/h1,3-10,17-19H,11-12,22H2,(H,23,24)/t18?,19-/m0/s1. The average Bonchev–Trinajstić information content (AvgIpc) is 3.00. The molecule has 1 aliphatic carbocycles. The van der Waals surface area contributed by atoms with E-state index in [4.69, 9.17) is 26.7 Å². The summed E-state index contributed by atoms with van der Waals surface area (Å²) in [5, 5.41) is 9.08. The summed E-state index contributed by atoms with van der Waals surface area (Å²) >= 11 is 0. The van der Waals surface area contributed by atoms with Crippen LogP contribution in [-0.4, -0.2) is 42.4 Å². The van der Waals surface area contributed by atoms with Gasteiger partial charge in [-0.3, -0.25) is 4.79 Å². The Balaban J connectivity index is 1.78. The number of carbonyl (C=O) groups excluding carboxylic acids is 1. The normalized spacial score (nSPS) is 14.5. The number of hydrogen-bond donors (Lipinski definition) is 2. The number of carboxylic acid groups (broad SMARTS) is 1. The minimum atomic E-state index is -1.56. The highest BCUT2D eigenvalue weighted by molar-refractivity contribution is 5.85. The van der Waals surface area contributed by atoms with Crippen molar-refractivity contribution < 1.29 is 24.2 Å². The summed E-state index contributed by atoms with van der Waals surface area (Å²) in [5.74, 6) is -0.167. The minimum absolute atomic E-state index is 0.0507. The van der Waals surface area contributed by atoms with Crippen molar-refractivity contribution in [2.24, 2.45) is 5.73 Å². The van der Waals surface area contributed by atoms with Crippen molar-refractivity contribution in [2.75, 3.05) is 13.2 Å². The maximum absolute atomic E-state index is 12.4. The molecule has 6 heteroatoms. The van der Waals surface area contributed by atoms with Crippen LogP contribution in [-0.2, 0) is 19.1 Å². The number of aliphatic carboxylic acids is 1. The van der Waals surface area contributed by atoms with Gasteiger partial charge in [0.15, 0.2) is 6.10 Å². The third-order valence-corrected chi connectivity index (χ3v) is 4.54. The predicted molar refractivity (Wildman–Crippen MR) is 98.9 cm³/mol. The highest BCUT2D eigenvalue weighted by Gasteiger charge is 2.35. The lowest BCUT2D eigenvalue weighted by Crippen LogP contribution is -2.48. The van der Waals surface area contributed by atoms with E-state index in [9.17, 15) is 9.59 Å². The van der Waals surface area contributed by atoms with Crippen molar-refractivity contribution >= 4 is 11.9 Å². The first-order valence-electron chi connectivity index (χ1n) is 8.43. The first-order chi connectivity index (χ1) is 13.0. The Morgan fingerprint density at radius 3 is 2.19 bits per heavy atom. The highest BCUT2D eigenvalue weighted by atomic mass is 16.6. The number of carboxylic acids is 1. The highest BCUT2D eigenvalue weighted by Crippen LogP contribution is 2.44. The molecule has 0 aromatic heterocycles. The molecule has 0 fully saturated rings. The summed E-state index contributed by atoms with van der Waals surface area (Å²) < 4.78 is 10.5. The third-order valence-electron chi connectivity index (χ3n) is 4.54. The Kier molecular flexibility index (Phi) is 5.55. The molecule has 0 radical (unpaired) electrons. The summed E-state index contributed by atoms with van der Waals surface area (Å²) in [6.45, 7) is -0.190. The number of terminal acetylenes is 1. The number of nitrogens with two attached hydrogens (primary N) is 1. The van der Waals surface area contributed by atoms with Crippen LogP contribution in [0.3, 0.4) is 0 Å². The lowest BCUT2D eigenvalue weighted by atomic mass is 9.98. The molecule has 2 aromatic rings. The number of hydrogen-bond acceptors (Lipinski definition) is 5. The van der Waals surface area contributed by atoms with Gasteiger partial charge < -0.3 is 20.3 Å². The number of ether oxygens (including phenoxy) is 2. The molecule has 138 valence electrons. The maximum Gasteiger partial charge on any atom is 0.337 e. The van der Waals surface area contributed by atoms with Crippen LogP contribution in [0.25, 0.3) is 11.1 Å². The first-order valence-corrected chi connectivity index (χ1v) is 8.43. The van der Waals surface area contributed by atoms with E-state index in [1.165, 1.54) is 0 Å². The van der Waals surface area contributed by atoms with Crippen LogP contribution in [0.5, 0.6) is 0 Å². The molecule has 6 nitrogen and oxygen atoms in total. The number of rotatable bonds is 7. The summed E-state index contributed by atoms with van der Waals surface area (Å²) in [5.41, 5.74) is 9.84. The second-order valence-corrected chi connectivity index (χ2v) is 6.16. The van der Waals surface area contributed by atoms with Gasteiger partial charge in [-0.1, -0.05) is 54.5 Å². The SMILES string of the molecule is C#CCO[C@H](C(=O)OCC1c2ccccc2-c2ccccc21)C(N)C(=O)O. The molecular weight excluding hydrogens is 346 g/mol. The second-order valence-electron chi connectivity index (χ2n) is 6.16. The Morgan fingerprint density at radius 2 is 1.67 bits per heavy atom. The molecule has 1 aliphatic rings. The Bertz CT molecular complexity index is 856. The van der Waals surface area contributed by atoms with Crippen molar-refractivity contribution in [3.63, 3.8) is 0 Å². The van der Waals surface area contributed by atoms with Crippen molar-refractivity contribution in [1.82, 2.24) is 0 Å². The van der Waals surface area contributed by atoms with Crippen LogP contribution in [0.1, 0.15) is 17.0 Å². The van der Waals surface area contributed by atoms with E-state index in [2.05, 4.69) is 5.92 Å². The zero-order valence-corrected chi connectivity index (χ0v) is 14.5. The number of carbonyl (C=O) groups is 2. The molecule has 0 amide bonds. The summed E-state index contributed by atoms with van der Waals surface area (Å²) in [6, 6.07) is 14.2. The molecule has 27 heavy (non-hydrogen) atoms. The molecule has 2 atom stereocenters. The van der Waals surface area contributed by atoms with Gasteiger partial charge in [-0.25, -0.2) is 4.79 Å². The van der Waals surface area contributed by atoms with Gasteiger partial charge in [-0.15, -0.1) is 6.42 Å². The lowest BCUT2D eigenvalue weighted by molar-refractivity contribution is -0.163. The molecule has 0 heterocycles. The summed E-state index contributed by atoms with van der Waals surface area (Å²) in [4.78, 5) is 23.5. The fourth-order valence-corrected chi connectivity index (χ4v) is 3.27.